The molecule has 0 bridgehead atoms. The maximum absolute atomic E-state index is 10.7. The molecule has 0 saturated carbocycles. The predicted molar refractivity (Wildman–Crippen MR) is 56.0 cm³/mol. The van der Waals surface area contributed by atoms with Crippen LogP contribution in [0.15, 0.2) is 0 Å². The first-order chi connectivity index (χ1) is 7.41. The lowest BCUT2D eigenvalue weighted by molar-refractivity contribution is -0.116. The molecule has 0 aliphatic carbocycles. The molecule has 0 aromatic carbocycles. The number of nitrogens with one attached hydrogen (secondary N) is 2. The summed E-state index contributed by atoms with van der Waals surface area (Å²) < 4.78 is 40.0. The largest absolute Gasteiger partial charge is 0.350 e. The molecule has 0 heterocycles. The fourth-order valence-electron chi connectivity index (χ4n) is 0.630. The van der Waals surface area contributed by atoms with Gasteiger partial charge in [0.2, 0.25) is 20.6 Å². The molecule has 0 unspecified atom stereocenters. The molecular weight excluding hydrogens is 260 g/mol. The van der Waals surface area contributed by atoms with E-state index >= 15 is 0 Å². The molecule has 16 heavy (non-hydrogen) atoms. The van der Waals surface area contributed by atoms with Crippen LogP contribution in [0, 0.1) is 0 Å². The summed E-state index contributed by atoms with van der Waals surface area (Å²) in [4.78, 5) is 21.4. The Hall–Kier alpha value is -1.68. The number of carbonyl (C=O) groups excluding carboxylic acids is 2. The van der Waals surface area contributed by atoms with Crippen molar-refractivity contribution in [1.29, 1.82) is 0 Å². The summed E-state index contributed by atoms with van der Waals surface area (Å²) in [5.74, 6) is -1.64. The number of carbonyl (C=O) groups is 2. The highest BCUT2D eigenvalue weighted by molar-refractivity contribution is 7.73. The normalized spacial score (nSPS) is 8.75. The molecule has 0 fully saturated rings. The Morgan fingerprint density at radius 2 is 1.12 bits per heavy atom. The van der Waals surface area contributed by atoms with Gasteiger partial charge in [-0.2, -0.15) is 16.8 Å². The van der Waals surface area contributed by atoms with Crippen LogP contribution in [-0.4, -0.2) is 52.5 Å². The number of hydrogen-bond acceptors (Lipinski definition) is 6. The van der Waals surface area contributed by atoms with Crippen LogP contribution in [-0.2, 0) is 30.2 Å². The van der Waals surface area contributed by atoms with Crippen LogP contribution in [0.3, 0.4) is 0 Å². The van der Waals surface area contributed by atoms with E-state index in [9.17, 15) is 26.4 Å². The van der Waals surface area contributed by atoms with Crippen molar-refractivity contribution in [3.8, 4) is 0 Å². The minimum Gasteiger partial charge on any atom is -0.350 e. The summed E-state index contributed by atoms with van der Waals surface area (Å²) in [5, 5.41) is 5.17. The third-order valence-corrected chi connectivity index (χ3v) is 1.94. The maximum atomic E-state index is 10.7. The van der Waals surface area contributed by atoms with E-state index in [1.807, 2.05) is 0 Å². The van der Waals surface area contributed by atoms with Crippen molar-refractivity contribution in [2.24, 2.45) is 0 Å². The molecule has 0 aliphatic heterocycles. The Morgan fingerprint density at radius 1 is 0.812 bits per heavy atom. The summed E-state index contributed by atoms with van der Waals surface area (Å²) in [5.41, 5.74) is 0. The fourth-order valence-corrected chi connectivity index (χ4v) is 1.15. The van der Waals surface area contributed by atoms with E-state index in [1.54, 1.807) is 0 Å². The Labute approximate surface area is 93.7 Å². The minimum absolute atomic E-state index is 0.0163. The highest BCUT2D eigenvalue weighted by atomic mass is 32.2. The lowest BCUT2D eigenvalue weighted by atomic mass is 10.5. The molecule has 0 aromatic rings. The first-order valence-electron chi connectivity index (χ1n) is 3.83. The molecule has 8 nitrogen and oxygen atoms in total. The fraction of sp³-hybridized carbons (Fsp3) is 0.333. The summed E-state index contributed by atoms with van der Waals surface area (Å²) in [7, 11) is -5.16. The minimum atomic E-state index is -2.58. The second-order valence-electron chi connectivity index (χ2n) is 2.34. The van der Waals surface area contributed by atoms with Crippen LogP contribution >= 0.6 is 0 Å². The van der Waals surface area contributed by atoms with E-state index in [1.165, 1.54) is 0 Å². The van der Waals surface area contributed by atoms with Gasteiger partial charge in [-0.25, -0.2) is 0 Å². The van der Waals surface area contributed by atoms with E-state index in [-0.39, 0.29) is 13.1 Å². The molecule has 0 radical (unpaired) electrons. The van der Waals surface area contributed by atoms with Gasteiger partial charge >= 0.3 is 0 Å². The molecule has 0 aliphatic rings. The molecule has 90 valence electrons. The van der Waals surface area contributed by atoms with Crippen molar-refractivity contribution >= 4 is 43.1 Å². The van der Waals surface area contributed by atoms with Crippen molar-refractivity contribution in [2.45, 2.75) is 0 Å². The van der Waals surface area contributed by atoms with Crippen molar-refractivity contribution in [2.75, 3.05) is 13.1 Å². The van der Waals surface area contributed by atoms with Crippen molar-refractivity contribution in [1.82, 2.24) is 10.6 Å². The zero-order valence-electron chi connectivity index (χ0n) is 7.83. The molecule has 0 aromatic heterocycles. The monoisotopic (exact) mass is 268 g/mol. The van der Waals surface area contributed by atoms with Gasteiger partial charge in [0.25, 0.3) is 11.8 Å². The van der Waals surface area contributed by atoms with Gasteiger partial charge in [-0.15, -0.1) is 0 Å². The molecule has 2 amide bonds. The van der Waals surface area contributed by atoms with Crippen molar-refractivity contribution in [3.63, 3.8) is 0 Å². The van der Waals surface area contributed by atoms with Gasteiger partial charge < -0.3 is 10.6 Å². The molecular formula is C6H8N2O6S2. The zero-order valence-corrected chi connectivity index (χ0v) is 9.47. The van der Waals surface area contributed by atoms with Gasteiger partial charge in [-0.05, 0) is 0 Å². The van der Waals surface area contributed by atoms with Crippen LogP contribution in [0.2, 0.25) is 0 Å². The first kappa shape index (κ1) is 14.3. The van der Waals surface area contributed by atoms with Gasteiger partial charge in [-0.3, -0.25) is 9.59 Å². The van der Waals surface area contributed by atoms with E-state index in [0.717, 1.165) is 0 Å². The average Bonchev–Trinajstić information content (AvgIpc) is 2.10. The standard InChI is InChI=1S/C6H8N2O6S2/c9-5(3-15(11)12)7-1-2-8-6(10)4-16(13)14/h3-4H,1-2H2,(H,7,9)(H,8,10). The third kappa shape index (κ3) is 8.90. The second kappa shape index (κ2) is 7.59. The van der Waals surface area contributed by atoms with E-state index in [2.05, 4.69) is 10.6 Å². The van der Waals surface area contributed by atoms with Crippen LogP contribution in [0.4, 0.5) is 0 Å². The molecule has 2 N–H and O–H groups in total. The molecule has 0 atom stereocenters. The Bertz CT molecular complexity index is 463. The van der Waals surface area contributed by atoms with Crippen LogP contribution in [0.25, 0.3) is 0 Å². The predicted octanol–water partition coefficient (Wildman–Crippen LogP) is -3.42. The highest BCUT2D eigenvalue weighted by Gasteiger charge is 1.98. The van der Waals surface area contributed by atoms with Gasteiger partial charge in [0, 0.05) is 13.1 Å². The first-order valence-corrected chi connectivity index (χ1v) is 6.11. The van der Waals surface area contributed by atoms with Crippen molar-refractivity contribution < 1.29 is 26.4 Å². The Kier molecular flexibility index (Phi) is 6.79. The molecule has 10 heteroatoms. The van der Waals surface area contributed by atoms with Gasteiger partial charge in [0.15, 0.2) is 0 Å². The maximum Gasteiger partial charge on any atom is 0.259 e. The summed E-state index contributed by atoms with van der Waals surface area (Å²) in [6.45, 7) is -0.0325. The summed E-state index contributed by atoms with van der Waals surface area (Å²) in [6.07, 6.45) is 0. The van der Waals surface area contributed by atoms with Crippen LogP contribution in [0.5, 0.6) is 0 Å². The van der Waals surface area contributed by atoms with E-state index in [4.69, 9.17) is 0 Å². The lowest BCUT2D eigenvalue weighted by Gasteiger charge is -2.01. The SMILES string of the molecule is O=C(C=S(=O)=O)NCCNC(=O)C=S(=O)=O. The van der Waals surface area contributed by atoms with E-state index < -0.39 is 32.4 Å². The second-order valence-corrected chi connectivity index (χ2v) is 3.85. The van der Waals surface area contributed by atoms with Crippen molar-refractivity contribution in [3.05, 3.63) is 0 Å². The topological polar surface area (TPSA) is 126 Å². The molecule has 0 spiro atoms. The van der Waals surface area contributed by atoms with Gasteiger partial charge in [-0.1, -0.05) is 0 Å². The highest BCUT2D eigenvalue weighted by Crippen LogP contribution is 1.62. The van der Waals surface area contributed by atoms with Crippen LogP contribution < -0.4 is 10.6 Å². The summed E-state index contributed by atoms with van der Waals surface area (Å²) >= 11 is 0. The van der Waals surface area contributed by atoms with Gasteiger partial charge in [0.1, 0.15) is 10.7 Å². The smallest absolute Gasteiger partial charge is 0.259 e. The number of rotatable bonds is 5. The van der Waals surface area contributed by atoms with E-state index in [0.29, 0.717) is 10.7 Å². The average molecular weight is 268 g/mol. The molecule has 0 rings (SSSR count). The molecule has 0 saturated heterocycles. The zero-order chi connectivity index (χ0) is 12.6. The van der Waals surface area contributed by atoms with Crippen LogP contribution in [0.1, 0.15) is 0 Å². The number of hydrogen-bond donors (Lipinski definition) is 2. The van der Waals surface area contributed by atoms with Gasteiger partial charge in [0.05, 0.1) is 0 Å². The lowest BCUT2D eigenvalue weighted by Crippen LogP contribution is -2.35. The number of amides is 2. The summed E-state index contributed by atoms with van der Waals surface area (Å²) in [6, 6.07) is 0. The quantitative estimate of drug-likeness (QED) is 0.395. The third-order valence-electron chi connectivity index (χ3n) is 1.13. The Balaban J connectivity index is 3.86. The Morgan fingerprint density at radius 3 is 1.38 bits per heavy atom.